The van der Waals surface area contributed by atoms with E-state index in [9.17, 15) is 9.90 Å². The fourth-order valence-corrected chi connectivity index (χ4v) is 1.94. The van der Waals surface area contributed by atoms with Gasteiger partial charge < -0.3 is 14.4 Å². The second-order valence-electron chi connectivity index (χ2n) is 6.47. The molecule has 5 heteroatoms. The van der Waals surface area contributed by atoms with Crippen molar-refractivity contribution in [1.29, 1.82) is 0 Å². The van der Waals surface area contributed by atoms with Crippen LogP contribution in [0.4, 0.5) is 0 Å². The monoisotopic (exact) mass is 308 g/mol. The van der Waals surface area contributed by atoms with Crippen molar-refractivity contribution in [3.63, 3.8) is 0 Å². The third-order valence-corrected chi connectivity index (χ3v) is 3.33. The highest BCUT2D eigenvalue weighted by Gasteiger charge is 2.17. The Labute approximate surface area is 133 Å². The van der Waals surface area contributed by atoms with E-state index in [2.05, 4.69) is 4.98 Å². The Morgan fingerprint density at radius 1 is 1.50 bits per heavy atom. The van der Waals surface area contributed by atoms with Gasteiger partial charge in [-0.25, -0.2) is 4.98 Å². The van der Waals surface area contributed by atoms with E-state index in [4.69, 9.17) is 4.74 Å². The summed E-state index contributed by atoms with van der Waals surface area (Å²) in [5, 5.41) is 9.70. The van der Waals surface area contributed by atoms with Crippen LogP contribution in [-0.4, -0.2) is 32.6 Å². The second-order valence-corrected chi connectivity index (χ2v) is 6.47. The number of rotatable bonds is 8. The third kappa shape index (κ3) is 5.30. The van der Waals surface area contributed by atoms with E-state index >= 15 is 0 Å². The molecule has 0 atom stereocenters. The predicted molar refractivity (Wildman–Crippen MR) is 86.7 cm³/mol. The van der Waals surface area contributed by atoms with Crippen molar-refractivity contribution in [3.8, 4) is 0 Å². The van der Waals surface area contributed by atoms with E-state index < -0.39 is 5.60 Å². The minimum Gasteiger partial charge on any atom is -0.495 e. The molecule has 0 aliphatic rings. The van der Waals surface area contributed by atoms with E-state index in [1.807, 2.05) is 38.5 Å². The lowest BCUT2D eigenvalue weighted by Gasteiger charge is -2.19. The lowest BCUT2D eigenvalue weighted by Crippen LogP contribution is -2.25. The quantitative estimate of drug-likeness (QED) is 0.592. The molecule has 0 aromatic carbocycles. The number of carbonyl (C=O) groups excluding carboxylic acids is 1. The van der Waals surface area contributed by atoms with Gasteiger partial charge in [-0.2, -0.15) is 0 Å². The summed E-state index contributed by atoms with van der Waals surface area (Å²) in [6.07, 6.45) is 4.93. The van der Waals surface area contributed by atoms with Crippen molar-refractivity contribution in [1.82, 2.24) is 9.55 Å². The molecule has 22 heavy (non-hydrogen) atoms. The third-order valence-electron chi connectivity index (χ3n) is 3.33. The fraction of sp³-hybridized carbons (Fsp3) is 0.647. The highest BCUT2D eigenvalue weighted by molar-refractivity contribution is 5.95. The molecule has 124 valence electrons. The van der Waals surface area contributed by atoms with Gasteiger partial charge in [-0.05, 0) is 19.9 Å². The van der Waals surface area contributed by atoms with Crippen LogP contribution < -0.4 is 0 Å². The van der Waals surface area contributed by atoms with Crippen molar-refractivity contribution < 1.29 is 14.6 Å². The number of hydrogen-bond acceptors (Lipinski definition) is 4. The minimum absolute atomic E-state index is 0.0416. The summed E-state index contributed by atoms with van der Waals surface area (Å²) in [6, 6.07) is 0. The van der Waals surface area contributed by atoms with Gasteiger partial charge in [-0.1, -0.05) is 20.8 Å². The molecule has 0 saturated heterocycles. The van der Waals surface area contributed by atoms with Crippen LogP contribution in [0.5, 0.6) is 0 Å². The van der Waals surface area contributed by atoms with Crippen LogP contribution in [0.25, 0.3) is 0 Å². The zero-order chi connectivity index (χ0) is 16.9. The highest BCUT2D eigenvalue weighted by atomic mass is 16.5. The van der Waals surface area contributed by atoms with Crippen LogP contribution in [0.2, 0.25) is 0 Å². The second kappa shape index (κ2) is 7.58. The Hall–Kier alpha value is -1.62. The summed E-state index contributed by atoms with van der Waals surface area (Å²) < 4.78 is 7.45. The molecule has 1 heterocycles. The summed E-state index contributed by atoms with van der Waals surface area (Å²) in [4.78, 5) is 16.4. The van der Waals surface area contributed by atoms with Crippen LogP contribution >= 0.6 is 0 Å². The molecule has 1 aromatic heterocycles. The normalized spacial score (nSPS) is 12.8. The maximum absolute atomic E-state index is 12.1. The molecule has 0 spiro atoms. The summed E-state index contributed by atoms with van der Waals surface area (Å²) in [5.74, 6) is 1.70. The number of aromatic nitrogens is 2. The zero-order valence-electron chi connectivity index (χ0n) is 14.5. The molecule has 0 aliphatic heterocycles. The predicted octanol–water partition coefficient (Wildman–Crippen LogP) is 2.88. The Kier molecular flexibility index (Phi) is 6.35. The lowest BCUT2D eigenvalue weighted by molar-refractivity contribution is 0.00135. The van der Waals surface area contributed by atoms with Gasteiger partial charge in [0.15, 0.2) is 5.78 Å². The van der Waals surface area contributed by atoms with Crippen LogP contribution in [0.15, 0.2) is 18.0 Å². The number of nitrogens with zero attached hydrogens (tertiary/aromatic N) is 2. The summed E-state index contributed by atoms with van der Waals surface area (Å²) in [6.45, 7) is 9.45. The zero-order valence-corrected chi connectivity index (χ0v) is 14.5. The smallest absolute Gasteiger partial charge is 0.183 e. The van der Waals surface area contributed by atoms with Crippen LogP contribution in [-0.2, 0) is 18.2 Å². The molecule has 0 bridgehead atoms. The average molecular weight is 308 g/mol. The largest absolute Gasteiger partial charge is 0.495 e. The Balaban J connectivity index is 2.78. The molecule has 0 unspecified atom stereocenters. The van der Waals surface area contributed by atoms with E-state index in [1.54, 1.807) is 20.0 Å². The van der Waals surface area contributed by atoms with Gasteiger partial charge in [-0.3, -0.25) is 4.79 Å². The number of aliphatic hydroxyl groups is 1. The molecule has 0 amide bonds. The number of Topliss-reactive ketones (excluding diaryl/α,β-unsaturated/α-hetero) is 1. The molecule has 0 fully saturated rings. The Morgan fingerprint density at radius 2 is 2.14 bits per heavy atom. The van der Waals surface area contributed by atoms with E-state index in [0.29, 0.717) is 12.1 Å². The van der Waals surface area contributed by atoms with E-state index in [0.717, 1.165) is 18.0 Å². The van der Waals surface area contributed by atoms with Crippen molar-refractivity contribution in [2.75, 3.05) is 6.61 Å². The number of imidazole rings is 1. The molecule has 0 saturated carbocycles. The van der Waals surface area contributed by atoms with Gasteiger partial charge in [0.1, 0.15) is 18.1 Å². The van der Waals surface area contributed by atoms with Crippen molar-refractivity contribution in [3.05, 3.63) is 29.6 Å². The van der Waals surface area contributed by atoms with Gasteiger partial charge in [0.2, 0.25) is 0 Å². The lowest BCUT2D eigenvalue weighted by atomic mass is 10.1. The minimum atomic E-state index is -0.853. The topological polar surface area (TPSA) is 64.4 Å². The van der Waals surface area contributed by atoms with Gasteiger partial charge in [-0.15, -0.1) is 0 Å². The Bertz CT molecular complexity index is 537. The molecular formula is C17H28N2O3. The number of allylic oxidation sites excluding steroid dienone is 2. The molecule has 1 aromatic rings. The van der Waals surface area contributed by atoms with Gasteiger partial charge >= 0.3 is 0 Å². The van der Waals surface area contributed by atoms with E-state index in [1.165, 1.54) is 0 Å². The first-order valence-corrected chi connectivity index (χ1v) is 7.74. The molecule has 1 N–H and O–H groups in total. The van der Waals surface area contributed by atoms with Crippen molar-refractivity contribution in [2.45, 2.75) is 53.1 Å². The van der Waals surface area contributed by atoms with Gasteiger partial charge in [0.05, 0.1) is 17.6 Å². The molecule has 0 radical (unpaired) electrons. The number of ketones is 1. The number of carbonyl (C=O) groups is 1. The molecular weight excluding hydrogens is 280 g/mol. The SMILES string of the molecule is CC/C(=C\Cc1ncc(C(=O)C(C)C)n1C)OCC(C)(C)O. The van der Waals surface area contributed by atoms with E-state index in [-0.39, 0.29) is 18.3 Å². The maximum atomic E-state index is 12.1. The van der Waals surface area contributed by atoms with Crippen molar-refractivity contribution in [2.24, 2.45) is 13.0 Å². The molecule has 5 nitrogen and oxygen atoms in total. The summed E-state index contributed by atoms with van der Waals surface area (Å²) >= 11 is 0. The van der Waals surface area contributed by atoms with Gasteiger partial charge in [0, 0.05) is 25.8 Å². The first-order chi connectivity index (χ1) is 10.2. The van der Waals surface area contributed by atoms with Crippen LogP contribution in [0.1, 0.15) is 57.4 Å². The summed E-state index contributed by atoms with van der Waals surface area (Å²) in [5.41, 5.74) is -0.220. The molecule has 0 aliphatic carbocycles. The van der Waals surface area contributed by atoms with Crippen LogP contribution in [0.3, 0.4) is 0 Å². The highest BCUT2D eigenvalue weighted by Crippen LogP contribution is 2.13. The average Bonchev–Trinajstić information content (AvgIpc) is 2.78. The maximum Gasteiger partial charge on any atom is 0.183 e. The van der Waals surface area contributed by atoms with Gasteiger partial charge in [0.25, 0.3) is 0 Å². The Morgan fingerprint density at radius 3 is 2.64 bits per heavy atom. The first kappa shape index (κ1) is 18.4. The fourth-order valence-electron chi connectivity index (χ4n) is 1.94. The standard InChI is InChI=1S/C17H28N2O3/c1-7-13(22-11-17(4,5)21)8-9-15-18-10-14(19(15)6)16(20)12(2)3/h8,10,12,21H,7,9,11H2,1-6H3/b13-8+. The van der Waals surface area contributed by atoms with Crippen molar-refractivity contribution >= 4 is 5.78 Å². The number of ether oxygens (including phenoxy) is 1. The first-order valence-electron chi connectivity index (χ1n) is 7.74. The number of hydrogen-bond donors (Lipinski definition) is 1. The van der Waals surface area contributed by atoms with Crippen LogP contribution in [0, 0.1) is 5.92 Å². The summed E-state index contributed by atoms with van der Waals surface area (Å²) in [7, 11) is 1.86. The molecule has 1 rings (SSSR count).